The number of methoxy groups -OCH3 is 1. The lowest BCUT2D eigenvalue weighted by Crippen LogP contribution is -2.08. The Balaban J connectivity index is 2.38. The normalized spacial score (nSPS) is 10.3. The van der Waals surface area contributed by atoms with E-state index in [1.807, 2.05) is 29.0 Å². The number of carbonyl (C=O) groups is 1. The van der Waals surface area contributed by atoms with Crippen LogP contribution in [0.3, 0.4) is 0 Å². The van der Waals surface area contributed by atoms with Crippen LogP contribution >= 0.6 is 0 Å². The number of amides is 1. The number of benzene rings is 1. The van der Waals surface area contributed by atoms with Crippen molar-refractivity contribution in [3.05, 3.63) is 36.4 Å². The smallest absolute Gasteiger partial charge is 0.221 e. The lowest BCUT2D eigenvalue weighted by atomic mass is 10.2. The topological polar surface area (TPSA) is 56.2 Å². The summed E-state index contributed by atoms with van der Waals surface area (Å²) in [5, 5.41) is 2.75. The molecule has 0 aliphatic carbocycles. The van der Waals surface area contributed by atoms with Crippen LogP contribution in [0.4, 0.5) is 5.69 Å². The monoisotopic (exact) mass is 273 g/mol. The Morgan fingerprint density at radius 1 is 1.45 bits per heavy atom. The fourth-order valence-electron chi connectivity index (χ4n) is 2.10. The van der Waals surface area contributed by atoms with Gasteiger partial charge in [-0.2, -0.15) is 0 Å². The van der Waals surface area contributed by atoms with Crippen LogP contribution < -0.4 is 10.1 Å². The second-order valence-corrected chi connectivity index (χ2v) is 4.53. The zero-order chi connectivity index (χ0) is 14.5. The molecular formula is C15H19N3O2. The molecule has 106 valence electrons. The summed E-state index contributed by atoms with van der Waals surface area (Å²) in [7, 11) is 1.59. The van der Waals surface area contributed by atoms with E-state index in [1.165, 1.54) is 6.92 Å². The van der Waals surface area contributed by atoms with Gasteiger partial charge in [0.2, 0.25) is 5.91 Å². The first-order valence-corrected chi connectivity index (χ1v) is 6.64. The number of nitrogens with one attached hydrogen (secondary N) is 1. The Bertz CT molecular complexity index is 605. The number of ether oxygens (including phenoxy) is 1. The minimum Gasteiger partial charge on any atom is -0.494 e. The van der Waals surface area contributed by atoms with Crippen molar-refractivity contribution in [1.82, 2.24) is 9.55 Å². The lowest BCUT2D eigenvalue weighted by Gasteiger charge is -2.13. The third-order valence-corrected chi connectivity index (χ3v) is 2.96. The van der Waals surface area contributed by atoms with Gasteiger partial charge in [0.1, 0.15) is 11.6 Å². The van der Waals surface area contributed by atoms with Crippen LogP contribution in [0.5, 0.6) is 5.75 Å². The van der Waals surface area contributed by atoms with E-state index in [1.54, 1.807) is 13.3 Å². The van der Waals surface area contributed by atoms with Crippen LogP contribution in [-0.2, 0) is 11.2 Å². The number of carbonyl (C=O) groups excluding carboxylic acids is 1. The number of aryl methyl sites for hydroxylation is 1. The number of anilines is 1. The average molecular weight is 273 g/mol. The van der Waals surface area contributed by atoms with Gasteiger partial charge in [-0.1, -0.05) is 6.92 Å². The summed E-state index contributed by atoms with van der Waals surface area (Å²) < 4.78 is 7.37. The molecule has 5 heteroatoms. The molecule has 1 aromatic heterocycles. The van der Waals surface area contributed by atoms with E-state index >= 15 is 0 Å². The van der Waals surface area contributed by atoms with Gasteiger partial charge in [-0.05, 0) is 18.6 Å². The molecule has 1 heterocycles. The van der Waals surface area contributed by atoms with Crippen molar-refractivity contribution < 1.29 is 9.53 Å². The zero-order valence-corrected chi connectivity index (χ0v) is 12.0. The maximum absolute atomic E-state index is 11.2. The van der Waals surface area contributed by atoms with Crippen LogP contribution in [0.25, 0.3) is 5.69 Å². The summed E-state index contributed by atoms with van der Waals surface area (Å²) in [4.78, 5) is 15.5. The van der Waals surface area contributed by atoms with E-state index < -0.39 is 0 Å². The number of aromatic nitrogens is 2. The SMILES string of the molecule is CCCc1nccn1-c1ccc(NC(C)=O)c(OC)c1. The molecule has 0 saturated carbocycles. The molecule has 1 N–H and O–H groups in total. The number of hydrogen-bond acceptors (Lipinski definition) is 3. The van der Waals surface area contributed by atoms with Crippen LogP contribution in [0.15, 0.2) is 30.6 Å². The maximum atomic E-state index is 11.2. The lowest BCUT2D eigenvalue weighted by molar-refractivity contribution is -0.114. The van der Waals surface area contributed by atoms with E-state index in [9.17, 15) is 4.79 Å². The van der Waals surface area contributed by atoms with Gasteiger partial charge in [0.25, 0.3) is 0 Å². The van der Waals surface area contributed by atoms with Crippen molar-refractivity contribution in [3.63, 3.8) is 0 Å². The summed E-state index contributed by atoms with van der Waals surface area (Å²) >= 11 is 0. The van der Waals surface area contributed by atoms with Gasteiger partial charge in [-0.25, -0.2) is 4.98 Å². The van der Waals surface area contributed by atoms with Crippen LogP contribution in [-0.4, -0.2) is 22.6 Å². The van der Waals surface area contributed by atoms with E-state index in [0.717, 1.165) is 24.4 Å². The maximum Gasteiger partial charge on any atom is 0.221 e. The third kappa shape index (κ3) is 2.99. The van der Waals surface area contributed by atoms with Crippen molar-refractivity contribution in [2.75, 3.05) is 12.4 Å². The summed E-state index contributed by atoms with van der Waals surface area (Å²) in [6.07, 6.45) is 5.68. The van der Waals surface area contributed by atoms with Crippen LogP contribution in [0.1, 0.15) is 26.1 Å². The van der Waals surface area contributed by atoms with Gasteiger partial charge < -0.3 is 14.6 Å². The van der Waals surface area contributed by atoms with E-state index in [0.29, 0.717) is 11.4 Å². The molecule has 0 saturated heterocycles. The molecule has 0 unspecified atom stereocenters. The number of imidazole rings is 1. The third-order valence-electron chi connectivity index (χ3n) is 2.96. The minimum absolute atomic E-state index is 0.120. The predicted molar refractivity (Wildman–Crippen MR) is 78.4 cm³/mol. The highest BCUT2D eigenvalue weighted by Crippen LogP contribution is 2.27. The van der Waals surface area contributed by atoms with E-state index in [2.05, 4.69) is 17.2 Å². The molecule has 2 aromatic rings. The first-order valence-electron chi connectivity index (χ1n) is 6.64. The Labute approximate surface area is 118 Å². The summed E-state index contributed by atoms with van der Waals surface area (Å²) in [5.41, 5.74) is 1.64. The minimum atomic E-state index is -0.120. The Kier molecular flexibility index (Phi) is 4.40. The van der Waals surface area contributed by atoms with Crippen molar-refractivity contribution in [3.8, 4) is 11.4 Å². The largest absolute Gasteiger partial charge is 0.494 e. The quantitative estimate of drug-likeness (QED) is 0.911. The summed E-state index contributed by atoms with van der Waals surface area (Å²) in [6.45, 7) is 3.60. The van der Waals surface area contributed by atoms with Gasteiger partial charge in [0, 0.05) is 31.8 Å². The van der Waals surface area contributed by atoms with Gasteiger partial charge in [0.15, 0.2) is 0 Å². The predicted octanol–water partition coefficient (Wildman–Crippen LogP) is 2.79. The van der Waals surface area contributed by atoms with Crippen LogP contribution in [0, 0.1) is 0 Å². The van der Waals surface area contributed by atoms with Crippen molar-refractivity contribution >= 4 is 11.6 Å². The Hall–Kier alpha value is -2.30. The fourth-order valence-corrected chi connectivity index (χ4v) is 2.10. The molecule has 5 nitrogen and oxygen atoms in total. The fraction of sp³-hybridized carbons (Fsp3) is 0.333. The zero-order valence-electron chi connectivity index (χ0n) is 12.0. The highest BCUT2D eigenvalue weighted by molar-refractivity contribution is 5.90. The van der Waals surface area contributed by atoms with E-state index in [-0.39, 0.29) is 5.91 Å². The first kappa shape index (κ1) is 14.1. The second-order valence-electron chi connectivity index (χ2n) is 4.53. The molecular weight excluding hydrogens is 254 g/mol. The Morgan fingerprint density at radius 2 is 2.25 bits per heavy atom. The summed E-state index contributed by atoms with van der Waals surface area (Å²) in [5.74, 6) is 1.53. The molecule has 20 heavy (non-hydrogen) atoms. The standard InChI is InChI=1S/C15H19N3O2/c1-4-5-15-16-8-9-18(15)12-6-7-13(17-11(2)19)14(10-12)20-3/h6-10H,4-5H2,1-3H3,(H,17,19). The molecule has 1 amide bonds. The van der Waals surface area contributed by atoms with Crippen LogP contribution in [0.2, 0.25) is 0 Å². The average Bonchev–Trinajstić information content (AvgIpc) is 2.87. The van der Waals surface area contributed by atoms with Gasteiger partial charge >= 0.3 is 0 Å². The van der Waals surface area contributed by atoms with Crippen molar-refractivity contribution in [1.29, 1.82) is 0 Å². The van der Waals surface area contributed by atoms with Gasteiger partial charge in [-0.3, -0.25) is 4.79 Å². The molecule has 1 aromatic carbocycles. The summed E-state index contributed by atoms with van der Waals surface area (Å²) in [6, 6.07) is 5.67. The molecule has 0 bridgehead atoms. The molecule has 0 radical (unpaired) electrons. The van der Waals surface area contributed by atoms with Crippen molar-refractivity contribution in [2.45, 2.75) is 26.7 Å². The number of rotatable bonds is 5. The Morgan fingerprint density at radius 3 is 2.90 bits per heavy atom. The number of nitrogens with zero attached hydrogens (tertiary/aromatic N) is 2. The highest BCUT2D eigenvalue weighted by atomic mass is 16.5. The molecule has 0 atom stereocenters. The van der Waals surface area contributed by atoms with E-state index in [4.69, 9.17) is 4.74 Å². The molecule has 0 spiro atoms. The van der Waals surface area contributed by atoms with Gasteiger partial charge in [0.05, 0.1) is 18.5 Å². The van der Waals surface area contributed by atoms with Gasteiger partial charge in [-0.15, -0.1) is 0 Å². The molecule has 0 aliphatic rings. The second kappa shape index (κ2) is 6.23. The highest BCUT2D eigenvalue weighted by Gasteiger charge is 2.09. The molecule has 0 aliphatic heterocycles. The molecule has 0 fully saturated rings. The molecule has 2 rings (SSSR count). The van der Waals surface area contributed by atoms with Crippen molar-refractivity contribution in [2.24, 2.45) is 0 Å². The number of hydrogen-bond donors (Lipinski definition) is 1. The first-order chi connectivity index (χ1) is 9.65.